The van der Waals surface area contributed by atoms with Gasteiger partial charge in [-0.15, -0.1) is 0 Å². The van der Waals surface area contributed by atoms with Gasteiger partial charge in [0.15, 0.2) is 17.3 Å². The van der Waals surface area contributed by atoms with E-state index in [1.807, 2.05) is 12.1 Å². The van der Waals surface area contributed by atoms with Gasteiger partial charge >= 0.3 is 0 Å². The van der Waals surface area contributed by atoms with E-state index < -0.39 is 0 Å². The molecule has 1 rings (SSSR count). The van der Waals surface area contributed by atoms with E-state index in [1.54, 1.807) is 21.3 Å². The Bertz CT molecular complexity index is 461. The number of hydrogen-bond acceptors (Lipinski definition) is 4. The average molecular weight is 265 g/mol. The average Bonchev–Trinajstić information content (AvgIpc) is 2.36. The van der Waals surface area contributed by atoms with Crippen LogP contribution in [0.1, 0.15) is 36.7 Å². The van der Waals surface area contributed by atoms with Gasteiger partial charge in [-0.1, -0.05) is 20.8 Å². The summed E-state index contributed by atoms with van der Waals surface area (Å²) in [6.07, 6.45) is 0. The monoisotopic (exact) mass is 265 g/mol. The maximum atomic E-state index is 12.2. The first-order valence-electron chi connectivity index (χ1n) is 6.29. The molecule has 0 saturated heterocycles. The molecule has 0 spiro atoms. The zero-order valence-corrected chi connectivity index (χ0v) is 12.6. The molecule has 106 valence electrons. The molecule has 1 aromatic rings. The number of benzene rings is 1. The second kappa shape index (κ2) is 6.06. The molecule has 0 saturated carbocycles. The number of likely N-dealkylation sites (N-methyl/N-ethyl adjacent to an activating group) is 1. The molecule has 0 fully saturated rings. The second-order valence-electron chi connectivity index (χ2n) is 5.46. The van der Waals surface area contributed by atoms with Crippen LogP contribution >= 0.6 is 0 Å². The Labute approximate surface area is 115 Å². The lowest BCUT2D eigenvalue weighted by molar-refractivity contribution is 0.0990. The fourth-order valence-corrected chi connectivity index (χ4v) is 1.86. The Morgan fingerprint density at radius 3 is 2.26 bits per heavy atom. The predicted molar refractivity (Wildman–Crippen MR) is 76.5 cm³/mol. The van der Waals surface area contributed by atoms with Crippen LogP contribution in [0.4, 0.5) is 0 Å². The molecule has 0 bridgehead atoms. The van der Waals surface area contributed by atoms with Gasteiger partial charge in [0.1, 0.15) is 0 Å². The number of rotatable bonds is 5. The van der Waals surface area contributed by atoms with E-state index in [2.05, 4.69) is 26.1 Å². The minimum atomic E-state index is -0.0613. The summed E-state index contributed by atoms with van der Waals surface area (Å²) in [5.41, 5.74) is 1.54. The molecule has 0 aliphatic heterocycles. The number of methoxy groups -OCH3 is 2. The number of hydrogen-bond donors (Lipinski definition) is 1. The van der Waals surface area contributed by atoms with Gasteiger partial charge in [0.2, 0.25) is 0 Å². The molecule has 0 heterocycles. The SMILES string of the molecule is CNCC(=O)c1cc(C(C)(C)C)cc(OC)c1OC. The van der Waals surface area contributed by atoms with Gasteiger partial charge in [-0.05, 0) is 30.2 Å². The summed E-state index contributed by atoms with van der Waals surface area (Å²) in [7, 11) is 4.87. The largest absolute Gasteiger partial charge is 0.493 e. The zero-order chi connectivity index (χ0) is 14.6. The minimum Gasteiger partial charge on any atom is -0.493 e. The first kappa shape index (κ1) is 15.5. The quantitative estimate of drug-likeness (QED) is 0.831. The summed E-state index contributed by atoms with van der Waals surface area (Å²) in [5.74, 6) is 1.08. The summed E-state index contributed by atoms with van der Waals surface area (Å²) < 4.78 is 10.7. The fourth-order valence-electron chi connectivity index (χ4n) is 1.86. The maximum absolute atomic E-state index is 12.2. The summed E-state index contributed by atoms with van der Waals surface area (Å²) in [6.45, 7) is 6.56. The molecule has 0 aliphatic rings. The third-order valence-corrected chi connectivity index (χ3v) is 2.98. The molecule has 0 aromatic heterocycles. The van der Waals surface area contributed by atoms with Crippen molar-refractivity contribution in [2.75, 3.05) is 27.8 Å². The fraction of sp³-hybridized carbons (Fsp3) is 0.533. The third kappa shape index (κ3) is 3.47. The number of ether oxygens (including phenoxy) is 2. The predicted octanol–water partition coefficient (Wildman–Crippen LogP) is 2.40. The molecular weight excluding hydrogens is 242 g/mol. The Hall–Kier alpha value is -1.55. The number of carbonyl (C=O) groups excluding carboxylic acids is 1. The lowest BCUT2D eigenvalue weighted by atomic mass is 9.85. The van der Waals surface area contributed by atoms with E-state index in [-0.39, 0.29) is 17.7 Å². The molecule has 4 heteroatoms. The normalized spacial score (nSPS) is 11.3. The van der Waals surface area contributed by atoms with E-state index in [9.17, 15) is 4.79 Å². The van der Waals surface area contributed by atoms with Crippen LogP contribution in [0, 0.1) is 0 Å². The van der Waals surface area contributed by atoms with Crippen molar-refractivity contribution < 1.29 is 14.3 Å². The van der Waals surface area contributed by atoms with Crippen molar-refractivity contribution in [3.63, 3.8) is 0 Å². The number of nitrogens with one attached hydrogen (secondary N) is 1. The minimum absolute atomic E-state index is 0.0104. The van der Waals surface area contributed by atoms with Crippen LogP contribution in [0.25, 0.3) is 0 Å². The molecule has 0 aliphatic carbocycles. The first-order chi connectivity index (χ1) is 8.85. The van der Waals surface area contributed by atoms with Gasteiger partial charge < -0.3 is 14.8 Å². The van der Waals surface area contributed by atoms with Crippen LogP contribution in [0.3, 0.4) is 0 Å². The lowest BCUT2D eigenvalue weighted by Crippen LogP contribution is -2.21. The molecule has 0 amide bonds. The van der Waals surface area contributed by atoms with Gasteiger partial charge in [0.25, 0.3) is 0 Å². The molecule has 0 radical (unpaired) electrons. The Kier molecular flexibility index (Phi) is 4.95. The highest BCUT2D eigenvalue weighted by atomic mass is 16.5. The van der Waals surface area contributed by atoms with Crippen molar-refractivity contribution in [1.29, 1.82) is 0 Å². The first-order valence-corrected chi connectivity index (χ1v) is 6.29. The molecule has 0 unspecified atom stereocenters. The van der Waals surface area contributed by atoms with E-state index in [1.165, 1.54) is 0 Å². The molecule has 1 aromatic carbocycles. The summed E-state index contributed by atoms with van der Waals surface area (Å²) in [6, 6.07) is 3.82. The summed E-state index contributed by atoms with van der Waals surface area (Å²) in [4.78, 5) is 12.2. The van der Waals surface area contributed by atoms with Crippen molar-refractivity contribution in [2.45, 2.75) is 26.2 Å². The zero-order valence-electron chi connectivity index (χ0n) is 12.6. The van der Waals surface area contributed by atoms with Gasteiger partial charge in [-0.3, -0.25) is 4.79 Å². The van der Waals surface area contributed by atoms with E-state index >= 15 is 0 Å². The highest BCUT2D eigenvalue weighted by Gasteiger charge is 2.22. The third-order valence-electron chi connectivity index (χ3n) is 2.98. The summed E-state index contributed by atoms with van der Waals surface area (Å²) in [5, 5.41) is 2.87. The van der Waals surface area contributed by atoms with Gasteiger partial charge in [-0.25, -0.2) is 0 Å². The van der Waals surface area contributed by atoms with Crippen LogP contribution in [-0.4, -0.2) is 33.6 Å². The van der Waals surface area contributed by atoms with Gasteiger partial charge in [-0.2, -0.15) is 0 Å². The van der Waals surface area contributed by atoms with E-state index in [0.717, 1.165) is 5.56 Å². The molecule has 19 heavy (non-hydrogen) atoms. The topological polar surface area (TPSA) is 47.6 Å². The van der Waals surface area contributed by atoms with Gasteiger partial charge in [0, 0.05) is 0 Å². The van der Waals surface area contributed by atoms with E-state index in [0.29, 0.717) is 17.1 Å². The smallest absolute Gasteiger partial charge is 0.180 e. The molecule has 1 N–H and O–H groups in total. The Morgan fingerprint density at radius 1 is 1.21 bits per heavy atom. The molecular formula is C15H23NO3. The van der Waals surface area contributed by atoms with Crippen molar-refractivity contribution in [2.24, 2.45) is 0 Å². The van der Waals surface area contributed by atoms with Crippen LogP contribution in [0.15, 0.2) is 12.1 Å². The standard InChI is InChI=1S/C15H23NO3/c1-15(2,3)10-7-11(12(17)9-16-4)14(19-6)13(8-10)18-5/h7-8,16H,9H2,1-6H3. The van der Waals surface area contributed by atoms with Crippen LogP contribution < -0.4 is 14.8 Å². The van der Waals surface area contributed by atoms with Crippen molar-refractivity contribution in [1.82, 2.24) is 5.32 Å². The van der Waals surface area contributed by atoms with E-state index in [4.69, 9.17) is 9.47 Å². The lowest BCUT2D eigenvalue weighted by Gasteiger charge is -2.22. The molecule has 0 atom stereocenters. The van der Waals surface area contributed by atoms with Crippen molar-refractivity contribution >= 4 is 5.78 Å². The number of ketones is 1. The Balaban J connectivity index is 3.44. The highest BCUT2D eigenvalue weighted by molar-refractivity contribution is 6.01. The molecule has 4 nitrogen and oxygen atoms in total. The van der Waals surface area contributed by atoms with Crippen molar-refractivity contribution in [3.8, 4) is 11.5 Å². The van der Waals surface area contributed by atoms with Crippen LogP contribution in [0.5, 0.6) is 11.5 Å². The number of carbonyl (C=O) groups is 1. The second-order valence-corrected chi connectivity index (χ2v) is 5.46. The summed E-state index contributed by atoms with van der Waals surface area (Å²) >= 11 is 0. The van der Waals surface area contributed by atoms with Crippen LogP contribution in [0.2, 0.25) is 0 Å². The Morgan fingerprint density at radius 2 is 1.84 bits per heavy atom. The van der Waals surface area contributed by atoms with Crippen molar-refractivity contribution in [3.05, 3.63) is 23.3 Å². The highest BCUT2D eigenvalue weighted by Crippen LogP contribution is 2.36. The van der Waals surface area contributed by atoms with Crippen LogP contribution in [-0.2, 0) is 5.41 Å². The maximum Gasteiger partial charge on any atom is 0.180 e. The van der Waals surface area contributed by atoms with Gasteiger partial charge in [0.05, 0.1) is 26.3 Å². The number of Topliss-reactive ketones (excluding diaryl/α,β-unsaturated/α-hetero) is 1.